The predicted octanol–water partition coefficient (Wildman–Crippen LogP) is 5.84. The maximum absolute atomic E-state index is 12.8. The van der Waals surface area contributed by atoms with Crippen molar-refractivity contribution in [3.63, 3.8) is 0 Å². The molecule has 4 N–H and O–H groups in total. The zero-order valence-electron chi connectivity index (χ0n) is 27.0. The lowest BCUT2D eigenvalue weighted by molar-refractivity contribution is -0.323. The Morgan fingerprint density at radius 1 is 0.833 bits per heavy atom. The molecule has 1 heterocycles. The highest BCUT2D eigenvalue weighted by molar-refractivity contribution is 5.76. The van der Waals surface area contributed by atoms with Gasteiger partial charge in [0.2, 0.25) is 0 Å². The third-order valence-electron chi connectivity index (χ3n) is 14.2. The van der Waals surface area contributed by atoms with Gasteiger partial charge in [0.05, 0.1) is 17.6 Å². The highest BCUT2D eigenvalue weighted by atomic mass is 16.7. The van der Waals surface area contributed by atoms with Gasteiger partial charge in [-0.25, -0.2) is 0 Å². The third-order valence-corrected chi connectivity index (χ3v) is 14.2. The van der Waals surface area contributed by atoms with Crippen molar-refractivity contribution in [1.82, 2.24) is 0 Å². The molecule has 6 rings (SSSR count). The molecule has 0 radical (unpaired) electrons. The van der Waals surface area contributed by atoms with Crippen molar-refractivity contribution in [3.8, 4) is 0 Å². The van der Waals surface area contributed by atoms with E-state index in [2.05, 4.69) is 41.5 Å². The molecule has 0 amide bonds. The zero-order chi connectivity index (χ0) is 30.6. The second-order valence-corrected chi connectivity index (χ2v) is 17.2. The van der Waals surface area contributed by atoms with Crippen LogP contribution in [0.1, 0.15) is 119 Å². The number of hydrogen-bond donors (Lipinski definition) is 4. The minimum Gasteiger partial charge on any atom is -0.481 e. The number of aliphatic hydroxyl groups is 3. The number of carbonyl (C=O) groups is 1. The normalized spacial score (nSPS) is 51.5. The summed E-state index contributed by atoms with van der Waals surface area (Å²) in [7, 11) is 0. The molecule has 0 aromatic carbocycles. The summed E-state index contributed by atoms with van der Waals surface area (Å²) in [6.45, 7) is 16.0. The van der Waals surface area contributed by atoms with Crippen LogP contribution in [-0.2, 0) is 14.3 Å². The van der Waals surface area contributed by atoms with E-state index in [1.807, 2.05) is 0 Å². The van der Waals surface area contributed by atoms with Crippen LogP contribution in [0.4, 0.5) is 0 Å². The Hall–Kier alpha value is -0.990. The summed E-state index contributed by atoms with van der Waals surface area (Å²) in [5, 5.41) is 41.8. The van der Waals surface area contributed by atoms with Crippen LogP contribution in [0.2, 0.25) is 0 Å². The second kappa shape index (κ2) is 10.0. The molecule has 12 atom stereocenters. The van der Waals surface area contributed by atoms with E-state index in [4.69, 9.17) is 9.47 Å². The van der Waals surface area contributed by atoms with Crippen LogP contribution in [0.25, 0.3) is 0 Å². The van der Waals surface area contributed by atoms with Crippen LogP contribution in [0.3, 0.4) is 0 Å². The Morgan fingerprint density at radius 2 is 1.55 bits per heavy atom. The lowest BCUT2D eigenvalue weighted by Crippen LogP contribution is -2.63. The molecule has 0 aromatic heterocycles. The summed E-state index contributed by atoms with van der Waals surface area (Å²) in [6.07, 6.45) is 5.38. The molecule has 1 saturated heterocycles. The molecule has 5 aliphatic carbocycles. The minimum absolute atomic E-state index is 0.104. The van der Waals surface area contributed by atoms with Gasteiger partial charge in [-0.3, -0.25) is 4.79 Å². The summed E-state index contributed by atoms with van der Waals surface area (Å²) in [4.78, 5) is 12.8. The van der Waals surface area contributed by atoms with Gasteiger partial charge in [-0.2, -0.15) is 0 Å². The van der Waals surface area contributed by atoms with Crippen molar-refractivity contribution in [2.45, 2.75) is 156 Å². The average molecular weight is 589 g/mol. The summed E-state index contributed by atoms with van der Waals surface area (Å²) < 4.78 is 12.3. The van der Waals surface area contributed by atoms with E-state index in [1.54, 1.807) is 12.5 Å². The third kappa shape index (κ3) is 4.34. The van der Waals surface area contributed by atoms with Crippen molar-refractivity contribution in [2.75, 3.05) is 0 Å². The highest BCUT2D eigenvalue weighted by Gasteiger charge is 2.65. The highest BCUT2D eigenvalue weighted by Crippen LogP contribution is 2.71. The fraction of sp³-hybridized carbons (Fsp3) is 0.914. The molecule has 238 valence electrons. The molecular formula is C35H56O7. The smallest absolute Gasteiger partial charge is 0.310 e. The minimum atomic E-state index is -1.29. The van der Waals surface area contributed by atoms with E-state index in [0.29, 0.717) is 11.8 Å². The molecule has 0 aromatic rings. The van der Waals surface area contributed by atoms with Crippen LogP contribution < -0.4 is 0 Å². The van der Waals surface area contributed by atoms with Gasteiger partial charge in [-0.1, -0.05) is 52.7 Å². The Kier molecular flexibility index (Phi) is 7.39. The maximum Gasteiger partial charge on any atom is 0.310 e. The lowest BCUT2D eigenvalue weighted by atomic mass is 9.38. The average Bonchev–Trinajstić information content (AvgIpc) is 2.91. The van der Waals surface area contributed by atoms with Gasteiger partial charge in [0.1, 0.15) is 18.3 Å². The van der Waals surface area contributed by atoms with Gasteiger partial charge in [-0.05, 0) is 117 Å². The molecule has 6 aliphatic rings. The molecule has 3 saturated carbocycles. The first-order valence-electron chi connectivity index (χ1n) is 16.8. The lowest BCUT2D eigenvalue weighted by Gasteiger charge is -2.67. The summed E-state index contributed by atoms with van der Waals surface area (Å²) in [6, 6.07) is 0. The SMILES string of the molecule is C[C@H]1O[C@@H](OC2CC[C@]3(C)[C@H]4CCC5=C(CC[C@@]6(C(=O)O)CCC(C)(C)C[C@@H]56)[C@]4(C)CC[C@H]3C2(C)C)[C@H](O)[C@@H](O)[C@H]1O. The van der Waals surface area contributed by atoms with Gasteiger partial charge in [0.25, 0.3) is 0 Å². The number of aliphatic hydroxyl groups excluding tert-OH is 3. The number of carboxylic acid groups (broad SMARTS) is 1. The fourth-order valence-electron chi connectivity index (χ4n) is 11.8. The van der Waals surface area contributed by atoms with Crippen molar-refractivity contribution in [1.29, 1.82) is 0 Å². The van der Waals surface area contributed by atoms with Crippen molar-refractivity contribution >= 4 is 5.97 Å². The first-order valence-corrected chi connectivity index (χ1v) is 16.8. The number of hydrogen-bond acceptors (Lipinski definition) is 6. The number of aliphatic carboxylic acids is 1. The number of ether oxygens (including phenoxy) is 2. The molecule has 42 heavy (non-hydrogen) atoms. The van der Waals surface area contributed by atoms with Crippen LogP contribution in [0.15, 0.2) is 11.1 Å². The van der Waals surface area contributed by atoms with Crippen molar-refractivity contribution < 1.29 is 34.7 Å². The zero-order valence-corrected chi connectivity index (χ0v) is 27.0. The second-order valence-electron chi connectivity index (χ2n) is 17.2. The van der Waals surface area contributed by atoms with Crippen LogP contribution in [0, 0.1) is 44.8 Å². The largest absolute Gasteiger partial charge is 0.481 e. The van der Waals surface area contributed by atoms with E-state index in [9.17, 15) is 25.2 Å². The van der Waals surface area contributed by atoms with Gasteiger partial charge < -0.3 is 29.9 Å². The van der Waals surface area contributed by atoms with E-state index in [-0.39, 0.29) is 33.7 Å². The van der Waals surface area contributed by atoms with Crippen LogP contribution >= 0.6 is 0 Å². The molecule has 7 heteroatoms. The van der Waals surface area contributed by atoms with Crippen LogP contribution in [0.5, 0.6) is 0 Å². The molecule has 1 unspecified atom stereocenters. The van der Waals surface area contributed by atoms with Gasteiger partial charge >= 0.3 is 5.97 Å². The van der Waals surface area contributed by atoms with Crippen molar-refractivity contribution in [3.05, 3.63) is 11.1 Å². The monoisotopic (exact) mass is 588 g/mol. The van der Waals surface area contributed by atoms with Gasteiger partial charge in [-0.15, -0.1) is 0 Å². The number of rotatable bonds is 3. The van der Waals surface area contributed by atoms with E-state index >= 15 is 0 Å². The van der Waals surface area contributed by atoms with E-state index < -0.39 is 42.1 Å². The molecule has 0 bridgehead atoms. The molecule has 1 aliphatic heterocycles. The topological polar surface area (TPSA) is 116 Å². The quantitative estimate of drug-likeness (QED) is 0.242. The number of allylic oxidation sites excluding steroid dienone is 2. The van der Waals surface area contributed by atoms with E-state index in [1.165, 1.54) is 5.57 Å². The predicted molar refractivity (Wildman–Crippen MR) is 159 cm³/mol. The summed E-state index contributed by atoms with van der Waals surface area (Å²) in [5.74, 6) is 0.587. The Bertz CT molecular complexity index is 1130. The first kappa shape index (κ1) is 31.0. The summed E-state index contributed by atoms with van der Waals surface area (Å²) >= 11 is 0. The molecular weight excluding hydrogens is 532 g/mol. The van der Waals surface area contributed by atoms with Gasteiger partial charge in [0, 0.05) is 0 Å². The Balaban J connectivity index is 1.27. The van der Waals surface area contributed by atoms with Gasteiger partial charge in [0.15, 0.2) is 6.29 Å². The number of fused-ring (bicyclic) bond motifs is 6. The molecule has 0 spiro atoms. The molecule has 7 nitrogen and oxygen atoms in total. The summed E-state index contributed by atoms with van der Waals surface area (Å²) in [5.41, 5.74) is 2.83. The van der Waals surface area contributed by atoms with E-state index in [0.717, 1.165) is 70.6 Å². The Morgan fingerprint density at radius 3 is 2.24 bits per heavy atom. The maximum atomic E-state index is 12.8. The number of carboxylic acids is 1. The molecule has 4 fully saturated rings. The standard InChI is InChI=1S/C35H56O7/c1-19-26(36)27(37)28(38)29(41-19)42-25-12-14-34(7)23(32(25,4)5)11-13-33(6)21-10-15-35(30(39)40)17-16-31(2,3)18-22(35)20(21)8-9-24(33)34/h19,22-29,36-38H,8-18H2,1-7H3,(H,39,40)/t19-,22+,23+,24+,25?,26+,27+,28-,29+,33+,34+,35-/m1/s1. The van der Waals surface area contributed by atoms with Crippen LogP contribution in [-0.4, -0.2) is 63.2 Å². The van der Waals surface area contributed by atoms with Crippen molar-refractivity contribution in [2.24, 2.45) is 44.8 Å². The fourth-order valence-corrected chi connectivity index (χ4v) is 11.8. The first-order chi connectivity index (χ1) is 19.5. The Labute approximate surface area is 252 Å².